The zero-order valence-electron chi connectivity index (χ0n) is 13.5. The highest BCUT2D eigenvalue weighted by Gasteiger charge is 2.34. The summed E-state index contributed by atoms with van der Waals surface area (Å²) < 4.78 is 0. The monoisotopic (exact) mass is 318 g/mol. The van der Waals surface area contributed by atoms with Crippen molar-refractivity contribution in [2.45, 2.75) is 13.5 Å². The molecule has 1 N–H and O–H groups in total. The molecule has 3 aromatic rings. The van der Waals surface area contributed by atoms with E-state index in [0.29, 0.717) is 24.3 Å². The third-order valence-electron chi connectivity index (χ3n) is 4.61. The molecule has 0 bridgehead atoms. The Morgan fingerprint density at radius 2 is 1.75 bits per heavy atom. The molecule has 1 amide bonds. The maximum atomic E-state index is 13.0. The van der Waals surface area contributed by atoms with Crippen LogP contribution < -0.4 is 0 Å². The summed E-state index contributed by atoms with van der Waals surface area (Å²) in [5.41, 5.74) is 2.85. The molecule has 0 saturated heterocycles. The van der Waals surface area contributed by atoms with Crippen molar-refractivity contribution in [3.05, 3.63) is 71.4 Å². The van der Waals surface area contributed by atoms with E-state index in [9.17, 15) is 9.59 Å². The molecular weight excluding hydrogens is 300 g/mol. The van der Waals surface area contributed by atoms with Gasteiger partial charge in [-0.05, 0) is 11.6 Å². The highest BCUT2D eigenvalue weighted by atomic mass is 16.2. The summed E-state index contributed by atoms with van der Waals surface area (Å²) in [5.74, 6) is -0.299. The average molecular weight is 318 g/mol. The molecule has 4 heteroatoms. The third kappa shape index (κ3) is 2.31. The van der Waals surface area contributed by atoms with Gasteiger partial charge in [0.15, 0.2) is 5.78 Å². The lowest BCUT2D eigenvalue weighted by molar-refractivity contribution is 0.0714. The van der Waals surface area contributed by atoms with Crippen molar-refractivity contribution in [1.29, 1.82) is 0 Å². The van der Waals surface area contributed by atoms with Crippen LogP contribution in [-0.2, 0) is 6.54 Å². The van der Waals surface area contributed by atoms with Crippen molar-refractivity contribution in [2.75, 3.05) is 6.54 Å². The summed E-state index contributed by atoms with van der Waals surface area (Å²) in [6.45, 7) is 2.83. The highest BCUT2D eigenvalue weighted by Crippen LogP contribution is 2.29. The van der Waals surface area contributed by atoms with Crippen LogP contribution in [0.15, 0.2) is 54.6 Å². The molecular formula is C20H18N2O2. The van der Waals surface area contributed by atoms with E-state index in [4.69, 9.17) is 0 Å². The van der Waals surface area contributed by atoms with Gasteiger partial charge in [-0.15, -0.1) is 0 Å². The Kier molecular flexibility index (Phi) is 3.45. The number of aromatic nitrogens is 1. The summed E-state index contributed by atoms with van der Waals surface area (Å²) in [4.78, 5) is 30.8. The minimum absolute atomic E-state index is 0.0337. The van der Waals surface area contributed by atoms with E-state index in [1.165, 1.54) is 0 Å². The molecule has 24 heavy (non-hydrogen) atoms. The Labute approximate surface area is 140 Å². The molecule has 2 aromatic carbocycles. The summed E-state index contributed by atoms with van der Waals surface area (Å²) in [5, 5.41) is 0.833. The van der Waals surface area contributed by atoms with Crippen molar-refractivity contribution in [2.24, 2.45) is 5.92 Å². The number of fused-ring (bicyclic) bond motifs is 3. The number of hydrogen-bond donors (Lipinski definition) is 1. The fraction of sp³-hybridized carbons (Fsp3) is 0.200. The van der Waals surface area contributed by atoms with Crippen LogP contribution in [0.25, 0.3) is 10.9 Å². The van der Waals surface area contributed by atoms with Crippen molar-refractivity contribution in [3.63, 3.8) is 0 Å². The lowest BCUT2D eigenvalue weighted by Crippen LogP contribution is -2.33. The summed E-state index contributed by atoms with van der Waals surface area (Å²) in [6, 6.07) is 17.5. The van der Waals surface area contributed by atoms with E-state index >= 15 is 0 Å². The number of aromatic amines is 1. The predicted molar refractivity (Wildman–Crippen MR) is 93.0 cm³/mol. The van der Waals surface area contributed by atoms with Gasteiger partial charge in [-0.25, -0.2) is 0 Å². The molecule has 2 heterocycles. The molecule has 120 valence electrons. The van der Waals surface area contributed by atoms with Gasteiger partial charge < -0.3 is 9.88 Å². The topological polar surface area (TPSA) is 53.2 Å². The maximum absolute atomic E-state index is 13.0. The molecule has 0 saturated carbocycles. The normalized spacial score (nSPS) is 17.9. The van der Waals surface area contributed by atoms with Crippen LogP contribution in [-0.4, -0.2) is 28.1 Å². The zero-order chi connectivity index (χ0) is 16.7. The number of H-pyrrole nitrogens is 1. The van der Waals surface area contributed by atoms with Crippen LogP contribution in [0.3, 0.4) is 0 Å². The lowest BCUT2D eigenvalue weighted by atomic mass is 9.98. The molecule has 0 radical (unpaired) electrons. The van der Waals surface area contributed by atoms with Gasteiger partial charge in [0.1, 0.15) is 5.69 Å². The second-order valence-corrected chi connectivity index (χ2v) is 6.36. The number of benzene rings is 2. The predicted octanol–water partition coefficient (Wildman–Crippen LogP) is 3.64. The van der Waals surface area contributed by atoms with Crippen LogP contribution in [0.4, 0.5) is 0 Å². The molecule has 1 atom stereocenters. The Balaban J connectivity index is 1.81. The molecule has 1 aromatic heterocycles. The van der Waals surface area contributed by atoms with E-state index in [1.54, 1.807) is 4.90 Å². The summed E-state index contributed by atoms with van der Waals surface area (Å²) in [7, 11) is 0. The smallest absolute Gasteiger partial charge is 0.271 e. The second kappa shape index (κ2) is 5.64. The van der Waals surface area contributed by atoms with Gasteiger partial charge in [0.25, 0.3) is 5.91 Å². The van der Waals surface area contributed by atoms with Gasteiger partial charge in [-0.3, -0.25) is 9.59 Å². The number of carbonyl (C=O) groups is 2. The first kappa shape index (κ1) is 14.7. The van der Waals surface area contributed by atoms with Crippen LogP contribution in [0.5, 0.6) is 0 Å². The fourth-order valence-electron chi connectivity index (χ4n) is 3.40. The van der Waals surface area contributed by atoms with Crippen LogP contribution in [0.2, 0.25) is 0 Å². The molecule has 4 rings (SSSR count). The van der Waals surface area contributed by atoms with Gasteiger partial charge in [0, 0.05) is 29.9 Å². The first-order valence-electron chi connectivity index (χ1n) is 8.13. The number of hydrogen-bond acceptors (Lipinski definition) is 2. The van der Waals surface area contributed by atoms with Crippen molar-refractivity contribution < 1.29 is 9.59 Å². The van der Waals surface area contributed by atoms with Crippen molar-refractivity contribution >= 4 is 22.6 Å². The molecule has 4 nitrogen and oxygen atoms in total. The van der Waals surface area contributed by atoms with E-state index in [2.05, 4.69) is 4.98 Å². The fourth-order valence-corrected chi connectivity index (χ4v) is 3.40. The maximum Gasteiger partial charge on any atom is 0.271 e. The summed E-state index contributed by atoms with van der Waals surface area (Å²) >= 11 is 0. The van der Waals surface area contributed by atoms with Crippen molar-refractivity contribution in [3.8, 4) is 0 Å². The van der Waals surface area contributed by atoms with Gasteiger partial charge >= 0.3 is 0 Å². The third-order valence-corrected chi connectivity index (χ3v) is 4.61. The van der Waals surface area contributed by atoms with Crippen LogP contribution >= 0.6 is 0 Å². The standard InChI is InChI=1S/C20H18N2O2/c1-13-11-22(12-14-7-3-2-4-8-14)20(24)18-17(19(13)23)15-9-5-6-10-16(15)21-18/h2-10,13,21H,11-12H2,1H3. The number of nitrogens with zero attached hydrogens (tertiary/aromatic N) is 1. The van der Waals surface area contributed by atoms with Crippen LogP contribution in [0.1, 0.15) is 33.3 Å². The van der Waals surface area contributed by atoms with E-state index in [1.807, 2.05) is 61.5 Å². The first-order valence-corrected chi connectivity index (χ1v) is 8.13. The molecule has 1 aliphatic rings. The SMILES string of the molecule is CC1CN(Cc2ccccc2)C(=O)c2[nH]c3ccccc3c2C1=O. The summed E-state index contributed by atoms with van der Waals surface area (Å²) in [6.07, 6.45) is 0. The molecule has 1 aliphatic heterocycles. The van der Waals surface area contributed by atoms with Gasteiger partial charge in [-0.2, -0.15) is 0 Å². The molecule has 0 spiro atoms. The largest absolute Gasteiger partial charge is 0.350 e. The minimum atomic E-state index is -0.224. The van der Waals surface area contributed by atoms with Gasteiger partial charge in [0.05, 0.1) is 5.56 Å². The number of carbonyl (C=O) groups excluding carboxylic acids is 2. The number of ketones is 1. The number of amides is 1. The Hall–Kier alpha value is -2.88. The highest BCUT2D eigenvalue weighted by molar-refractivity contribution is 6.17. The van der Waals surface area contributed by atoms with Crippen molar-refractivity contribution in [1.82, 2.24) is 9.88 Å². The van der Waals surface area contributed by atoms with E-state index < -0.39 is 0 Å². The average Bonchev–Trinajstić information content (AvgIpc) is 2.96. The van der Waals surface area contributed by atoms with Gasteiger partial charge in [0.2, 0.25) is 0 Å². The lowest BCUT2D eigenvalue weighted by Gasteiger charge is -2.22. The Morgan fingerprint density at radius 1 is 1.04 bits per heavy atom. The van der Waals surface area contributed by atoms with Gasteiger partial charge in [-0.1, -0.05) is 55.5 Å². The minimum Gasteiger partial charge on any atom is -0.350 e. The molecule has 0 aliphatic carbocycles. The van der Waals surface area contributed by atoms with Crippen LogP contribution in [0, 0.1) is 5.92 Å². The Bertz CT molecular complexity index is 927. The number of Topliss-reactive ketones (excluding diaryl/α,β-unsaturated/α-hetero) is 1. The van der Waals surface area contributed by atoms with E-state index in [-0.39, 0.29) is 17.6 Å². The Morgan fingerprint density at radius 3 is 2.54 bits per heavy atom. The zero-order valence-corrected chi connectivity index (χ0v) is 13.5. The number of para-hydroxylation sites is 1. The van der Waals surface area contributed by atoms with E-state index in [0.717, 1.165) is 16.5 Å². The molecule has 0 fully saturated rings. The number of nitrogens with one attached hydrogen (secondary N) is 1. The number of rotatable bonds is 2. The molecule has 1 unspecified atom stereocenters. The second-order valence-electron chi connectivity index (χ2n) is 6.36. The first-order chi connectivity index (χ1) is 11.6. The quantitative estimate of drug-likeness (QED) is 0.784.